The van der Waals surface area contributed by atoms with Crippen LogP contribution in [-0.4, -0.2) is 38.6 Å². The minimum atomic E-state index is -0.877. The number of aliphatic hydroxyl groups excluding tert-OH is 1. The number of nitrogens with zero attached hydrogens (tertiary/aromatic N) is 3. The monoisotopic (exact) mass is 337 g/mol. The smallest absolute Gasteiger partial charge is 0.242 e. The lowest BCUT2D eigenvalue weighted by atomic mass is 10.1. The number of benzene rings is 2. The molecule has 130 valence electrons. The van der Waals surface area contributed by atoms with Gasteiger partial charge in [-0.15, -0.1) is 0 Å². The van der Waals surface area contributed by atoms with Gasteiger partial charge in [0.25, 0.3) is 0 Å². The first-order valence-electron chi connectivity index (χ1n) is 8.61. The highest BCUT2D eigenvalue weighted by Crippen LogP contribution is 2.25. The molecule has 1 heterocycles. The number of fused-ring (bicyclic) bond motifs is 1. The first kappa shape index (κ1) is 17.2. The van der Waals surface area contributed by atoms with Crippen LogP contribution in [0.4, 0.5) is 0 Å². The number of amides is 1. The molecule has 0 spiro atoms. The molecule has 3 aromatic rings. The van der Waals surface area contributed by atoms with E-state index in [1.54, 1.807) is 4.90 Å². The quantitative estimate of drug-likeness (QED) is 0.752. The average molecular weight is 337 g/mol. The van der Waals surface area contributed by atoms with Gasteiger partial charge in [-0.25, -0.2) is 4.98 Å². The van der Waals surface area contributed by atoms with E-state index in [-0.39, 0.29) is 12.5 Å². The van der Waals surface area contributed by atoms with Crippen LogP contribution in [0.1, 0.15) is 31.3 Å². The summed E-state index contributed by atoms with van der Waals surface area (Å²) in [5, 5.41) is 10.8. The lowest BCUT2D eigenvalue weighted by Crippen LogP contribution is -2.34. The third-order valence-corrected chi connectivity index (χ3v) is 4.45. The number of imidazole rings is 1. The number of hydrogen-bond acceptors (Lipinski definition) is 3. The second-order valence-electron chi connectivity index (χ2n) is 5.92. The van der Waals surface area contributed by atoms with Gasteiger partial charge in [-0.05, 0) is 31.5 Å². The minimum absolute atomic E-state index is 0.0228. The maximum atomic E-state index is 12.6. The van der Waals surface area contributed by atoms with Gasteiger partial charge in [-0.2, -0.15) is 0 Å². The first-order chi connectivity index (χ1) is 12.2. The summed E-state index contributed by atoms with van der Waals surface area (Å²) < 4.78 is 1.83. The number of aliphatic hydroxyl groups is 1. The highest BCUT2D eigenvalue weighted by atomic mass is 16.3. The summed E-state index contributed by atoms with van der Waals surface area (Å²) in [6, 6.07) is 17.0. The molecule has 0 radical (unpaired) electrons. The van der Waals surface area contributed by atoms with Gasteiger partial charge in [0.05, 0.1) is 11.0 Å². The molecule has 1 aromatic heterocycles. The third kappa shape index (κ3) is 3.42. The van der Waals surface area contributed by atoms with Crippen molar-refractivity contribution >= 4 is 16.9 Å². The summed E-state index contributed by atoms with van der Waals surface area (Å²) in [6.45, 7) is 5.43. The number of hydrogen-bond donors (Lipinski definition) is 1. The molecule has 1 N–H and O–H groups in total. The molecule has 1 amide bonds. The van der Waals surface area contributed by atoms with Gasteiger partial charge in [0, 0.05) is 13.1 Å². The Hall–Kier alpha value is -2.66. The first-order valence-corrected chi connectivity index (χ1v) is 8.61. The zero-order valence-corrected chi connectivity index (χ0v) is 14.6. The Morgan fingerprint density at radius 1 is 1.08 bits per heavy atom. The highest BCUT2D eigenvalue weighted by Gasteiger charge is 2.22. The second-order valence-corrected chi connectivity index (χ2v) is 5.92. The van der Waals surface area contributed by atoms with Crippen LogP contribution in [0, 0.1) is 0 Å². The fraction of sp³-hybridized carbons (Fsp3) is 0.300. The highest BCUT2D eigenvalue weighted by molar-refractivity contribution is 5.81. The van der Waals surface area contributed by atoms with E-state index in [1.807, 2.05) is 73.0 Å². The van der Waals surface area contributed by atoms with Crippen molar-refractivity contribution < 1.29 is 9.90 Å². The summed E-state index contributed by atoms with van der Waals surface area (Å²) >= 11 is 0. The Labute approximate surface area is 147 Å². The second kappa shape index (κ2) is 7.49. The number of rotatable bonds is 6. The van der Waals surface area contributed by atoms with E-state index in [0.717, 1.165) is 16.6 Å². The summed E-state index contributed by atoms with van der Waals surface area (Å²) in [7, 11) is 0. The molecule has 3 rings (SSSR count). The Balaban J connectivity index is 2.05. The van der Waals surface area contributed by atoms with E-state index < -0.39 is 6.10 Å². The molecular weight excluding hydrogens is 314 g/mol. The summed E-state index contributed by atoms with van der Waals surface area (Å²) in [6.07, 6.45) is -0.877. The molecule has 5 heteroatoms. The third-order valence-electron chi connectivity index (χ3n) is 4.45. The number of carbonyl (C=O) groups is 1. The maximum absolute atomic E-state index is 12.6. The van der Waals surface area contributed by atoms with Crippen molar-refractivity contribution in [3.63, 3.8) is 0 Å². The predicted molar refractivity (Wildman–Crippen MR) is 98.2 cm³/mol. The van der Waals surface area contributed by atoms with Crippen LogP contribution in [0.5, 0.6) is 0 Å². The fourth-order valence-electron chi connectivity index (χ4n) is 3.07. The minimum Gasteiger partial charge on any atom is -0.380 e. The Morgan fingerprint density at radius 3 is 2.40 bits per heavy atom. The predicted octanol–water partition coefficient (Wildman–Crippen LogP) is 2.99. The Bertz CT molecular complexity index is 854. The fourth-order valence-corrected chi connectivity index (χ4v) is 3.07. The average Bonchev–Trinajstić information content (AvgIpc) is 3.01. The molecular formula is C20H23N3O2. The van der Waals surface area contributed by atoms with Gasteiger partial charge in [-0.1, -0.05) is 42.5 Å². The SMILES string of the molecule is CCN(CC)C(=O)Cn1c(C(O)c2ccccc2)nc2ccccc21. The van der Waals surface area contributed by atoms with E-state index in [2.05, 4.69) is 4.98 Å². The van der Waals surface area contributed by atoms with Crippen molar-refractivity contribution in [3.05, 3.63) is 66.0 Å². The topological polar surface area (TPSA) is 58.4 Å². The number of aromatic nitrogens is 2. The molecule has 25 heavy (non-hydrogen) atoms. The molecule has 0 aliphatic carbocycles. The number of para-hydroxylation sites is 2. The van der Waals surface area contributed by atoms with Crippen LogP contribution in [-0.2, 0) is 11.3 Å². The van der Waals surface area contributed by atoms with Gasteiger partial charge in [0.15, 0.2) is 0 Å². The van der Waals surface area contributed by atoms with E-state index in [9.17, 15) is 9.90 Å². The van der Waals surface area contributed by atoms with Gasteiger partial charge in [-0.3, -0.25) is 4.79 Å². The summed E-state index contributed by atoms with van der Waals surface area (Å²) in [5.41, 5.74) is 2.39. The summed E-state index contributed by atoms with van der Waals surface area (Å²) in [4.78, 5) is 19.0. The van der Waals surface area contributed by atoms with Crippen molar-refractivity contribution in [1.29, 1.82) is 0 Å². The standard InChI is InChI=1S/C20H23N3O2/c1-3-22(4-2)18(24)14-23-17-13-9-8-12-16(17)21-20(23)19(25)15-10-6-5-7-11-15/h5-13,19,25H,3-4,14H2,1-2H3. The van der Waals surface area contributed by atoms with Crippen LogP contribution in [0.3, 0.4) is 0 Å². The van der Waals surface area contributed by atoms with Crippen LogP contribution in [0.15, 0.2) is 54.6 Å². The lowest BCUT2D eigenvalue weighted by Gasteiger charge is -2.21. The van der Waals surface area contributed by atoms with Crippen LogP contribution in [0.25, 0.3) is 11.0 Å². The lowest BCUT2D eigenvalue weighted by molar-refractivity contribution is -0.131. The molecule has 0 fully saturated rings. The Kier molecular flexibility index (Phi) is 5.14. The van der Waals surface area contributed by atoms with Crippen LogP contribution >= 0.6 is 0 Å². The molecule has 0 saturated carbocycles. The van der Waals surface area contributed by atoms with Gasteiger partial charge in [0.2, 0.25) is 5.91 Å². The zero-order valence-electron chi connectivity index (χ0n) is 14.6. The van der Waals surface area contributed by atoms with Crippen molar-refractivity contribution in [1.82, 2.24) is 14.5 Å². The molecule has 2 aromatic carbocycles. The van der Waals surface area contributed by atoms with E-state index in [0.29, 0.717) is 18.9 Å². The van der Waals surface area contributed by atoms with Gasteiger partial charge >= 0.3 is 0 Å². The largest absolute Gasteiger partial charge is 0.380 e. The van der Waals surface area contributed by atoms with Crippen molar-refractivity contribution in [3.8, 4) is 0 Å². The molecule has 5 nitrogen and oxygen atoms in total. The van der Waals surface area contributed by atoms with E-state index in [4.69, 9.17) is 0 Å². The van der Waals surface area contributed by atoms with Crippen molar-refractivity contribution in [2.45, 2.75) is 26.5 Å². The van der Waals surface area contributed by atoms with E-state index >= 15 is 0 Å². The Morgan fingerprint density at radius 2 is 1.72 bits per heavy atom. The molecule has 1 unspecified atom stereocenters. The molecule has 0 aliphatic rings. The van der Waals surface area contributed by atoms with Crippen LogP contribution in [0.2, 0.25) is 0 Å². The molecule has 0 aliphatic heterocycles. The normalized spacial score (nSPS) is 12.3. The summed E-state index contributed by atoms with van der Waals surface area (Å²) in [5.74, 6) is 0.516. The van der Waals surface area contributed by atoms with Gasteiger partial charge in [0.1, 0.15) is 18.5 Å². The van der Waals surface area contributed by atoms with Crippen LogP contribution < -0.4 is 0 Å². The maximum Gasteiger partial charge on any atom is 0.242 e. The van der Waals surface area contributed by atoms with Crippen molar-refractivity contribution in [2.75, 3.05) is 13.1 Å². The zero-order chi connectivity index (χ0) is 17.8. The number of likely N-dealkylation sites (N-methyl/N-ethyl adjacent to an activating group) is 1. The van der Waals surface area contributed by atoms with Crippen molar-refractivity contribution in [2.24, 2.45) is 0 Å². The van der Waals surface area contributed by atoms with E-state index in [1.165, 1.54) is 0 Å². The molecule has 0 saturated heterocycles. The molecule has 1 atom stereocenters. The van der Waals surface area contributed by atoms with Gasteiger partial charge < -0.3 is 14.6 Å². The number of carbonyl (C=O) groups excluding carboxylic acids is 1. The molecule has 0 bridgehead atoms.